The van der Waals surface area contributed by atoms with E-state index in [0.717, 1.165) is 29.1 Å². The Kier molecular flexibility index (Phi) is 3.68. The quantitative estimate of drug-likeness (QED) is 0.404. The molecule has 4 rings (SSSR count). The van der Waals surface area contributed by atoms with Crippen LogP contribution in [0.25, 0.3) is 5.57 Å². The van der Waals surface area contributed by atoms with Crippen molar-refractivity contribution in [1.82, 2.24) is 0 Å². The predicted molar refractivity (Wildman–Crippen MR) is 93.8 cm³/mol. The monoisotopic (exact) mass is 337 g/mol. The summed E-state index contributed by atoms with van der Waals surface area (Å²) in [5, 5.41) is 26.3. The maximum absolute atomic E-state index is 10.7. The van der Waals surface area contributed by atoms with Gasteiger partial charge in [0.25, 0.3) is 11.4 Å². The smallest absolute Gasteiger partial charge is 0.269 e. The van der Waals surface area contributed by atoms with Crippen molar-refractivity contribution in [3.05, 3.63) is 56.6 Å². The van der Waals surface area contributed by atoms with Gasteiger partial charge in [-0.05, 0) is 24.5 Å². The summed E-state index contributed by atoms with van der Waals surface area (Å²) in [5.74, 6) is 0.200. The number of nitrogens with zero attached hydrogens (tertiary/aromatic N) is 2. The van der Waals surface area contributed by atoms with Gasteiger partial charge in [-0.2, -0.15) is 0 Å². The lowest BCUT2D eigenvalue weighted by Crippen LogP contribution is -2.61. The third-order valence-corrected chi connectivity index (χ3v) is 4.53. The molecule has 2 heterocycles. The van der Waals surface area contributed by atoms with E-state index < -0.39 is 4.92 Å². The molecule has 0 fully saturated rings. The SMILES string of the molecule is O=[N+]([O-])c1ccc(CCNc2cc3c4c(c2O)[NH+]=CC=4CCN=3)cc1. The molecular formula is C18H17N4O3+. The van der Waals surface area contributed by atoms with E-state index >= 15 is 0 Å². The Morgan fingerprint density at radius 3 is 2.88 bits per heavy atom. The van der Waals surface area contributed by atoms with Gasteiger partial charge in [-0.3, -0.25) is 15.1 Å². The second kappa shape index (κ2) is 6.01. The van der Waals surface area contributed by atoms with Gasteiger partial charge < -0.3 is 10.4 Å². The number of non-ortho nitro benzene ring substituents is 1. The summed E-state index contributed by atoms with van der Waals surface area (Å²) in [4.78, 5) is 18.0. The number of aromatic hydroxyl groups is 1. The zero-order chi connectivity index (χ0) is 17.4. The third-order valence-electron chi connectivity index (χ3n) is 4.53. The Bertz CT molecular complexity index is 1010. The van der Waals surface area contributed by atoms with Crippen LogP contribution >= 0.6 is 0 Å². The van der Waals surface area contributed by atoms with E-state index in [9.17, 15) is 15.2 Å². The van der Waals surface area contributed by atoms with Crippen molar-refractivity contribution in [2.24, 2.45) is 4.99 Å². The summed E-state index contributed by atoms with van der Waals surface area (Å²) in [7, 11) is 0. The van der Waals surface area contributed by atoms with Gasteiger partial charge in [-0.1, -0.05) is 12.1 Å². The molecule has 0 unspecified atom stereocenters. The molecule has 2 aromatic rings. The maximum atomic E-state index is 10.7. The van der Waals surface area contributed by atoms with E-state index in [1.54, 1.807) is 12.1 Å². The molecule has 0 amide bonds. The van der Waals surface area contributed by atoms with Crippen LogP contribution in [0, 0.1) is 10.1 Å². The van der Waals surface area contributed by atoms with Crippen LogP contribution in [0.3, 0.4) is 0 Å². The van der Waals surface area contributed by atoms with Crippen molar-refractivity contribution >= 4 is 28.8 Å². The van der Waals surface area contributed by atoms with E-state index in [4.69, 9.17) is 0 Å². The highest BCUT2D eigenvalue weighted by Gasteiger charge is 2.24. The zero-order valence-corrected chi connectivity index (χ0v) is 13.5. The summed E-state index contributed by atoms with van der Waals surface area (Å²) in [6.07, 6.45) is 3.51. The fraction of sp³-hybridized carbons (Fsp3) is 0.222. The number of nitro benzene ring substituents is 1. The van der Waals surface area contributed by atoms with Crippen molar-refractivity contribution in [3.63, 3.8) is 0 Å². The summed E-state index contributed by atoms with van der Waals surface area (Å²) in [6, 6.07) is 8.38. The van der Waals surface area contributed by atoms with Gasteiger partial charge in [0.2, 0.25) is 5.75 Å². The van der Waals surface area contributed by atoms with Crippen LogP contribution in [-0.4, -0.2) is 29.3 Å². The molecule has 7 nitrogen and oxygen atoms in total. The fourth-order valence-corrected chi connectivity index (χ4v) is 3.23. The molecule has 0 spiro atoms. The van der Waals surface area contributed by atoms with E-state index in [1.807, 2.05) is 12.3 Å². The van der Waals surface area contributed by atoms with Crippen LogP contribution in [0.5, 0.6) is 5.75 Å². The highest BCUT2D eigenvalue weighted by molar-refractivity contribution is 6.02. The first-order valence-electron chi connectivity index (χ1n) is 8.14. The number of benzene rings is 2. The standard InChI is InChI=1S/C18H16N4O3/c23-18-15(9-14-16-12(6-8-19-14)10-21-17(16)18)20-7-5-11-1-3-13(4-2-11)22(24)25/h1-4,9-10,20,23H,5-8H2/p+1. The molecule has 0 bridgehead atoms. The molecule has 2 aliphatic rings. The molecule has 7 heteroatoms. The van der Waals surface area contributed by atoms with Crippen molar-refractivity contribution in [3.8, 4) is 5.75 Å². The van der Waals surface area contributed by atoms with Crippen LogP contribution in [0.2, 0.25) is 0 Å². The fourth-order valence-electron chi connectivity index (χ4n) is 3.23. The minimum Gasteiger partial charge on any atom is -0.501 e. The number of rotatable bonds is 5. The number of phenols is 1. The molecule has 0 radical (unpaired) electrons. The first kappa shape index (κ1) is 15.3. The molecule has 3 N–H and O–H groups in total. The molecule has 126 valence electrons. The first-order chi connectivity index (χ1) is 12.1. The van der Waals surface area contributed by atoms with Gasteiger partial charge in [-0.25, -0.2) is 4.99 Å². The van der Waals surface area contributed by atoms with Crippen molar-refractivity contribution in [2.75, 3.05) is 18.4 Å². The van der Waals surface area contributed by atoms with Gasteiger partial charge in [-0.15, -0.1) is 0 Å². The van der Waals surface area contributed by atoms with Gasteiger partial charge in [0, 0.05) is 30.8 Å². The van der Waals surface area contributed by atoms with Crippen LogP contribution in [-0.2, 0) is 6.42 Å². The number of anilines is 1. The molecule has 25 heavy (non-hydrogen) atoms. The summed E-state index contributed by atoms with van der Waals surface area (Å²) < 4.78 is 0. The van der Waals surface area contributed by atoms with Crippen molar-refractivity contribution in [1.29, 1.82) is 0 Å². The van der Waals surface area contributed by atoms with Crippen LogP contribution < -0.4 is 20.9 Å². The topological polar surface area (TPSA) is 102 Å². The second-order valence-electron chi connectivity index (χ2n) is 6.09. The van der Waals surface area contributed by atoms with Crippen LogP contribution in [0.1, 0.15) is 12.0 Å². The number of phenolic OH excluding ortho intramolecular Hbond substituents is 1. The molecule has 0 saturated carbocycles. The lowest BCUT2D eigenvalue weighted by atomic mass is 10.1. The normalized spacial score (nSPS) is 14.2. The molecule has 0 atom stereocenters. The second-order valence-corrected chi connectivity index (χ2v) is 6.09. The molecule has 0 aliphatic carbocycles. The largest absolute Gasteiger partial charge is 0.501 e. The number of hydrogen-bond donors (Lipinski definition) is 3. The molecule has 2 aromatic carbocycles. The maximum Gasteiger partial charge on any atom is 0.269 e. The molecule has 0 aromatic heterocycles. The Hall–Kier alpha value is -3.22. The summed E-state index contributed by atoms with van der Waals surface area (Å²) >= 11 is 0. The zero-order valence-electron chi connectivity index (χ0n) is 13.5. The molecular weight excluding hydrogens is 320 g/mol. The van der Waals surface area contributed by atoms with Crippen molar-refractivity contribution in [2.45, 2.75) is 12.8 Å². The summed E-state index contributed by atoms with van der Waals surface area (Å²) in [5.41, 5.74) is 3.62. The van der Waals surface area contributed by atoms with Gasteiger partial charge in [0.15, 0.2) is 6.21 Å². The number of nitrogens with one attached hydrogen (secondary N) is 2. The summed E-state index contributed by atoms with van der Waals surface area (Å²) in [6.45, 7) is 1.36. The Labute approximate surface area is 143 Å². The highest BCUT2D eigenvalue weighted by atomic mass is 16.6. The van der Waals surface area contributed by atoms with Gasteiger partial charge in [0.1, 0.15) is 0 Å². The van der Waals surface area contributed by atoms with Crippen molar-refractivity contribution < 1.29 is 15.0 Å². The average molecular weight is 337 g/mol. The Morgan fingerprint density at radius 1 is 1.32 bits per heavy atom. The van der Waals surface area contributed by atoms with Gasteiger partial charge in [0.05, 0.1) is 21.2 Å². The highest BCUT2D eigenvalue weighted by Crippen LogP contribution is 2.26. The van der Waals surface area contributed by atoms with Gasteiger partial charge >= 0.3 is 0 Å². The Morgan fingerprint density at radius 2 is 2.12 bits per heavy atom. The van der Waals surface area contributed by atoms with E-state index in [-0.39, 0.29) is 11.4 Å². The van der Waals surface area contributed by atoms with E-state index in [1.165, 1.54) is 17.7 Å². The molecule has 0 saturated heterocycles. The van der Waals surface area contributed by atoms with E-state index in [0.29, 0.717) is 24.3 Å². The van der Waals surface area contributed by atoms with E-state index in [2.05, 4.69) is 15.3 Å². The lowest BCUT2D eigenvalue weighted by molar-refractivity contribution is -0.384. The minimum absolute atomic E-state index is 0.0862. The predicted octanol–water partition coefficient (Wildman–Crippen LogP) is -0.0745. The van der Waals surface area contributed by atoms with Crippen LogP contribution in [0.4, 0.5) is 17.1 Å². The van der Waals surface area contributed by atoms with Crippen LogP contribution in [0.15, 0.2) is 35.3 Å². The molecule has 2 aliphatic heterocycles. The minimum atomic E-state index is -0.408. The Balaban J connectivity index is 1.51. The average Bonchev–Trinajstić information content (AvgIpc) is 3.05. The third kappa shape index (κ3) is 2.73. The number of hydrogen-bond acceptors (Lipinski definition) is 5. The first-order valence-corrected chi connectivity index (χ1v) is 8.14. The number of nitro groups is 1. The lowest BCUT2D eigenvalue weighted by Gasteiger charge is -2.10.